The zero-order valence-electron chi connectivity index (χ0n) is 10.2. The SMILES string of the molecule is Cc1nccc2ccc(C3CCCCN3)cc12. The van der Waals surface area contributed by atoms with Crippen molar-refractivity contribution in [3.8, 4) is 0 Å². The molecule has 0 aliphatic carbocycles. The van der Waals surface area contributed by atoms with Crippen molar-refractivity contribution in [1.29, 1.82) is 0 Å². The maximum atomic E-state index is 4.37. The van der Waals surface area contributed by atoms with E-state index in [0.29, 0.717) is 6.04 Å². The van der Waals surface area contributed by atoms with E-state index in [9.17, 15) is 0 Å². The highest BCUT2D eigenvalue weighted by molar-refractivity contribution is 5.84. The quantitative estimate of drug-likeness (QED) is 0.806. The van der Waals surface area contributed by atoms with E-state index < -0.39 is 0 Å². The summed E-state index contributed by atoms with van der Waals surface area (Å²) < 4.78 is 0. The van der Waals surface area contributed by atoms with Crippen LogP contribution in [0.4, 0.5) is 0 Å². The summed E-state index contributed by atoms with van der Waals surface area (Å²) in [4.78, 5) is 4.37. The van der Waals surface area contributed by atoms with Crippen LogP contribution in [-0.2, 0) is 0 Å². The Morgan fingerprint density at radius 1 is 1.24 bits per heavy atom. The van der Waals surface area contributed by atoms with Crippen molar-refractivity contribution in [2.45, 2.75) is 32.2 Å². The van der Waals surface area contributed by atoms with Crippen LogP contribution in [0.15, 0.2) is 30.5 Å². The fourth-order valence-corrected chi connectivity index (χ4v) is 2.68. The van der Waals surface area contributed by atoms with Gasteiger partial charge in [0.25, 0.3) is 0 Å². The lowest BCUT2D eigenvalue weighted by Gasteiger charge is -2.24. The average molecular weight is 226 g/mol. The first-order valence-electron chi connectivity index (χ1n) is 6.43. The number of nitrogens with zero attached hydrogens (tertiary/aromatic N) is 1. The summed E-state index contributed by atoms with van der Waals surface area (Å²) in [5.41, 5.74) is 2.54. The minimum Gasteiger partial charge on any atom is -0.310 e. The molecule has 1 fully saturated rings. The number of aromatic nitrogens is 1. The van der Waals surface area contributed by atoms with Crippen LogP contribution in [0.25, 0.3) is 10.8 Å². The molecular weight excluding hydrogens is 208 g/mol. The Morgan fingerprint density at radius 3 is 3.00 bits per heavy atom. The number of piperidine rings is 1. The first kappa shape index (κ1) is 10.7. The number of pyridine rings is 1. The summed E-state index contributed by atoms with van der Waals surface area (Å²) >= 11 is 0. The van der Waals surface area contributed by atoms with E-state index in [1.54, 1.807) is 0 Å². The smallest absolute Gasteiger partial charge is 0.0451 e. The van der Waals surface area contributed by atoms with Crippen LogP contribution >= 0.6 is 0 Å². The zero-order chi connectivity index (χ0) is 11.7. The highest BCUT2D eigenvalue weighted by Crippen LogP contribution is 2.26. The van der Waals surface area contributed by atoms with Crippen LogP contribution in [0.1, 0.15) is 36.6 Å². The van der Waals surface area contributed by atoms with Gasteiger partial charge in [0.05, 0.1) is 0 Å². The molecule has 2 aromatic rings. The molecule has 3 rings (SSSR count). The van der Waals surface area contributed by atoms with Crippen molar-refractivity contribution in [2.75, 3.05) is 6.54 Å². The highest BCUT2D eigenvalue weighted by Gasteiger charge is 2.14. The molecule has 2 heterocycles. The molecule has 0 saturated carbocycles. The third kappa shape index (κ3) is 2.05. The van der Waals surface area contributed by atoms with Crippen molar-refractivity contribution >= 4 is 10.8 Å². The third-order valence-corrected chi connectivity index (χ3v) is 3.70. The molecule has 2 nitrogen and oxygen atoms in total. The van der Waals surface area contributed by atoms with Crippen molar-refractivity contribution in [2.24, 2.45) is 0 Å². The molecule has 1 unspecified atom stereocenters. The predicted octanol–water partition coefficient (Wildman–Crippen LogP) is 3.36. The van der Waals surface area contributed by atoms with Crippen LogP contribution < -0.4 is 5.32 Å². The van der Waals surface area contributed by atoms with Crippen LogP contribution in [0.3, 0.4) is 0 Å². The standard InChI is InChI=1S/C15H18N2/c1-11-14-10-13(15-4-2-3-8-17-15)6-5-12(14)7-9-16-11/h5-7,9-10,15,17H,2-4,8H2,1H3. The summed E-state index contributed by atoms with van der Waals surface area (Å²) in [5, 5.41) is 6.18. The molecule has 0 radical (unpaired) electrons. The van der Waals surface area contributed by atoms with E-state index in [-0.39, 0.29) is 0 Å². The predicted molar refractivity (Wildman–Crippen MR) is 71.1 cm³/mol. The maximum Gasteiger partial charge on any atom is 0.0451 e. The number of hydrogen-bond acceptors (Lipinski definition) is 2. The molecule has 2 heteroatoms. The normalized spacial score (nSPS) is 20.6. The van der Waals surface area contributed by atoms with Gasteiger partial charge in [-0.1, -0.05) is 18.6 Å². The van der Waals surface area contributed by atoms with Gasteiger partial charge >= 0.3 is 0 Å². The Labute approximate surface area is 102 Å². The Balaban J connectivity index is 2.03. The van der Waals surface area contributed by atoms with Gasteiger partial charge in [0, 0.05) is 23.3 Å². The van der Waals surface area contributed by atoms with E-state index in [2.05, 4.69) is 41.5 Å². The largest absolute Gasteiger partial charge is 0.310 e. The van der Waals surface area contributed by atoms with E-state index in [1.165, 1.54) is 35.6 Å². The number of nitrogens with one attached hydrogen (secondary N) is 1. The van der Waals surface area contributed by atoms with Crippen LogP contribution in [-0.4, -0.2) is 11.5 Å². The number of hydrogen-bond donors (Lipinski definition) is 1. The van der Waals surface area contributed by atoms with Gasteiger partial charge in [-0.2, -0.15) is 0 Å². The van der Waals surface area contributed by atoms with E-state index >= 15 is 0 Å². The summed E-state index contributed by atoms with van der Waals surface area (Å²) in [5.74, 6) is 0. The molecule has 17 heavy (non-hydrogen) atoms. The minimum absolute atomic E-state index is 0.535. The molecule has 0 spiro atoms. The van der Waals surface area contributed by atoms with E-state index in [1.807, 2.05) is 6.20 Å². The van der Waals surface area contributed by atoms with Crippen molar-refractivity contribution in [3.05, 3.63) is 41.7 Å². The van der Waals surface area contributed by atoms with Crippen molar-refractivity contribution in [3.63, 3.8) is 0 Å². The maximum absolute atomic E-state index is 4.37. The van der Waals surface area contributed by atoms with Gasteiger partial charge in [-0.05, 0) is 49.4 Å². The van der Waals surface area contributed by atoms with Gasteiger partial charge in [0.15, 0.2) is 0 Å². The molecule has 88 valence electrons. The van der Waals surface area contributed by atoms with Crippen molar-refractivity contribution < 1.29 is 0 Å². The summed E-state index contributed by atoms with van der Waals surface area (Å²) in [6.45, 7) is 3.23. The molecule has 1 N–H and O–H groups in total. The highest BCUT2D eigenvalue weighted by atomic mass is 14.9. The molecule has 1 aromatic heterocycles. The van der Waals surface area contributed by atoms with Crippen LogP contribution in [0.2, 0.25) is 0 Å². The minimum atomic E-state index is 0.535. The molecule has 1 aromatic carbocycles. The van der Waals surface area contributed by atoms with E-state index in [4.69, 9.17) is 0 Å². The van der Waals surface area contributed by atoms with Gasteiger partial charge in [-0.25, -0.2) is 0 Å². The lowest BCUT2D eigenvalue weighted by molar-refractivity contribution is 0.412. The lowest BCUT2D eigenvalue weighted by Crippen LogP contribution is -2.26. The topological polar surface area (TPSA) is 24.9 Å². The van der Waals surface area contributed by atoms with Gasteiger partial charge in [0.2, 0.25) is 0 Å². The molecule has 1 aliphatic heterocycles. The summed E-state index contributed by atoms with van der Waals surface area (Å²) in [6, 6.07) is 9.40. The molecule has 1 aliphatic rings. The second-order valence-electron chi connectivity index (χ2n) is 4.88. The van der Waals surface area contributed by atoms with Crippen molar-refractivity contribution in [1.82, 2.24) is 10.3 Å². The molecule has 1 atom stereocenters. The molecule has 0 bridgehead atoms. The number of fused-ring (bicyclic) bond motifs is 1. The van der Waals surface area contributed by atoms with Gasteiger partial charge in [-0.3, -0.25) is 4.98 Å². The summed E-state index contributed by atoms with van der Waals surface area (Å²) in [7, 11) is 0. The first-order valence-corrected chi connectivity index (χ1v) is 6.43. The second-order valence-corrected chi connectivity index (χ2v) is 4.88. The van der Waals surface area contributed by atoms with Crippen LogP contribution in [0, 0.1) is 6.92 Å². The second kappa shape index (κ2) is 4.46. The summed E-state index contributed by atoms with van der Waals surface area (Å²) in [6.07, 6.45) is 5.79. The lowest BCUT2D eigenvalue weighted by atomic mass is 9.95. The Morgan fingerprint density at radius 2 is 2.18 bits per heavy atom. The Hall–Kier alpha value is -1.41. The van der Waals surface area contributed by atoms with Gasteiger partial charge in [-0.15, -0.1) is 0 Å². The fourth-order valence-electron chi connectivity index (χ4n) is 2.68. The zero-order valence-corrected chi connectivity index (χ0v) is 10.2. The fraction of sp³-hybridized carbons (Fsp3) is 0.400. The van der Waals surface area contributed by atoms with Gasteiger partial charge in [0.1, 0.15) is 0 Å². The molecular formula is C15H18N2. The number of benzene rings is 1. The average Bonchev–Trinajstić information content (AvgIpc) is 2.40. The van der Waals surface area contributed by atoms with Gasteiger partial charge < -0.3 is 5.32 Å². The van der Waals surface area contributed by atoms with Crippen LogP contribution in [0.5, 0.6) is 0 Å². The number of rotatable bonds is 1. The molecule has 0 amide bonds. The first-order chi connectivity index (χ1) is 8.34. The monoisotopic (exact) mass is 226 g/mol. The third-order valence-electron chi connectivity index (χ3n) is 3.70. The Bertz CT molecular complexity index is 527. The molecule has 1 saturated heterocycles. The number of aryl methyl sites for hydroxylation is 1. The Kier molecular flexibility index (Phi) is 2.81. The van der Waals surface area contributed by atoms with E-state index in [0.717, 1.165) is 12.2 Å².